The van der Waals surface area contributed by atoms with Crippen LogP contribution in [0.5, 0.6) is 0 Å². The van der Waals surface area contributed by atoms with E-state index in [-0.39, 0.29) is 0 Å². The monoisotopic (exact) mass is 263 g/mol. The van der Waals surface area contributed by atoms with Gasteiger partial charge in [0.05, 0.1) is 5.69 Å². The van der Waals surface area contributed by atoms with E-state index < -0.39 is 0 Å². The fourth-order valence-corrected chi connectivity index (χ4v) is 2.10. The molecule has 0 bridgehead atoms. The molecule has 0 aliphatic heterocycles. The third-order valence-corrected chi connectivity index (χ3v) is 3.23. The van der Waals surface area contributed by atoms with Crippen molar-refractivity contribution >= 4 is 11.6 Å². The maximum absolute atomic E-state index is 5.90. The van der Waals surface area contributed by atoms with Crippen molar-refractivity contribution in [1.82, 2.24) is 15.1 Å². The summed E-state index contributed by atoms with van der Waals surface area (Å²) in [5, 5.41) is 8.65. The lowest BCUT2D eigenvalue weighted by molar-refractivity contribution is 0.511. The number of aromatic nitrogens is 2. The first kappa shape index (κ1) is 13.1. The highest BCUT2D eigenvalue weighted by Gasteiger charge is 2.09. The molecule has 0 spiro atoms. The van der Waals surface area contributed by atoms with E-state index in [1.54, 1.807) is 0 Å². The van der Waals surface area contributed by atoms with Gasteiger partial charge in [-0.3, -0.25) is 4.68 Å². The molecule has 0 aliphatic carbocycles. The summed E-state index contributed by atoms with van der Waals surface area (Å²) in [5.74, 6) is 0. The number of rotatable bonds is 5. The van der Waals surface area contributed by atoms with E-state index >= 15 is 0 Å². The number of hydrogen-bond donors (Lipinski definition) is 1. The largest absolute Gasteiger partial charge is 0.304 e. The van der Waals surface area contributed by atoms with Crippen LogP contribution in [0.3, 0.4) is 0 Å². The molecule has 0 amide bonds. The smallest absolute Gasteiger partial charge is 0.0762 e. The van der Waals surface area contributed by atoms with Gasteiger partial charge >= 0.3 is 0 Å². The molecule has 0 saturated carbocycles. The van der Waals surface area contributed by atoms with Gasteiger partial charge in [0.25, 0.3) is 0 Å². The molecule has 0 saturated heterocycles. The molecule has 1 heterocycles. The molecule has 1 aromatic heterocycles. The molecule has 2 rings (SSSR count). The summed E-state index contributed by atoms with van der Waals surface area (Å²) in [6, 6.07) is 10.4. The molecule has 0 fully saturated rings. The number of aryl methyl sites for hydroxylation is 1. The predicted octanol–water partition coefficient (Wildman–Crippen LogP) is 3.31. The van der Waals surface area contributed by atoms with Gasteiger partial charge in [0.2, 0.25) is 0 Å². The lowest BCUT2D eigenvalue weighted by Crippen LogP contribution is -2.20. The molecule has 1 unspecified atom stereocenters. The average molecular weight is 264 g/mol. The van der Waals surface area contributed by atoms with Crippen LogP contribution in [0.4, 0.5) is 0 Å². The highest BCUT2D eigenvalue weighted by molar-refractivity contribution is 6.30. The second kappa shape index (κ2) is 6.03. The first-order valence-corrected chi connectivity index (χ1v) is 6.54. The minimum absolute atomic E-state index is 0.337. The van der Waals surface area contributed by atoms with Crippen molar-refractivity contribution in [2.75, 3.05) is 0 Å². The number of halogens is 1. The quantitative estimate of drug-likeness (QED) is 0.897. The number of nitrogens with zero attached hydrogens (tertiary/aromatic N) is 2. The molecule has 96 valence electrons. The van der Waals surface area contributed by atoms with Crippen LogP contribution in [0.1, 0.15) is 30.6 Å². The third kappa shape index (κ3) is 3.34. The Hall–Kier alpha value is -1.32. The maximum atomic E-state index is 5.90. The van der Waals surface area contributed by atoms with Gasteiger partial charge in [-0.25, -0.2) is 0 Å². The summed E-state index contributed by atoms with van der Waals surface area (Å²) >= 11 is 5.90. The van der Waals surface area contributed by atoms with Crippen molar-refractivity contribution in [2.24, 2.45) is 7.05 Å². The van der Waals surface area contributed by atoms with E-state index in [1.165, 1.54) is 5.56 Å². The molecule has 18 heavy (non-hydrogen) atoms. The summed E-state index contributed by atoms with van der Waals surface area (Å²) in [5.41, 5.74) is 2.32. The van der Waals surface area contributed by atoms with Gasteiger partial charge in [0.1, 0.15) is 0 Å². The normalized spacial score (nSPS) is 12.6. The van der Waals surface area contributed by atoms with E-state index in [4.69, 9.17) is 11.6 Å². The zero-order valence-corrected chi connectivity index (χ0v) is 11.5. The van der Waals surface area contributed by atoms with Crippen LogP contribution in [0.25, 0.3) is 0 Å². The van der Waals surface area contributed by atoms with Gasteiger partial charge in [0.15, 0.2) is 0 Å². The Balaban J connectivity index is 1.99. The fraction of sp³-hybridized carbons (Fsp3) is 0.357. The van der Waals surface area contributed by atoms with Crippen molar-refractivity contribution < 1.29 is 0 Å². The summed E-state index contributed by atoms with van der Waals surface area (Å²) in [7, 11) is 1.93. The number of hydrogen-bond acceptors (Lipinski definition) is 2. The number of nitrogens with one attached hydrogen (secondary N) is 1. The number of benzene rings is 1. The summed E-state index contributed by atoms with van der Waals surface area (Å²) in [6.07, 6.45) is 2.99. The zero-order valence-electron chi connectivity index (χ0n) is 10.7. The topological polar surface area (TPSA) is 29.9 Å². The SMILES string of the molecule is CCC(NCc1ccn(C)n1)c1ccc(Cl)cc1. The first-order chi connectivity index (χ1) is 8.69. The molecule has 1 N–H and O–H groups in total. The van der Waals surface area contributed by atoms with Crippen molar-refractivity contribution in [2.45, 2.75) is 25.9 Å². The Morgan fingerprint density at radius 3 is 2.56 bits per heavy atom. The van der Waals surface area contributed by atoms with Crippen LogP contribution in [-0.2, 0) is 13.6 Å². The Labute approximate surface area is 113 Å². The van der Waals surface area contributed by atoms with E-state index in [0.29, 0.717) is 6.04 Å². The minimum atomic E-state index is 0.337. The maximum Gasteiger partial charge on any atom is 0.0762 e. The van der Waals surface area contributed by atoms with E-state index in [0.717, 1.165) is 23.7 Å². The van der Waals surface area contributed by atoms with Gasteiger partial charge in [-0.1, -0.05) is 30.7 Å². The van der Waals surface area contributed by atoms with Gasteiger partial charge in [-0.15, -0.1) is 0 Å². The van der Waals surface area contributed by atoms with Crippen molar-refractivity contribution in [3.8, 4) is 0 Å². The van der Waals surface area contributed by atoms with Gasteiger partial charge in [-0.2, -0.15) is 5.10 Å². The summed E-state index contributed by atoms with van der Waals surface area (Å²) in [4.78, 5) is 0. The second-order valence-electron chi connectivity index (χ2n) is 4.37. The van der Waals surface area contributed by atoms with Crippen LogP contribution >= 0.6 is 11.6 Å². The van der Waals surface area contributed by atoms with E-state index in [1.807, 2.05) is 36.1 Å². The van der Waals surface area contributed by atoms with Gasteiger partial charge in [-0.05, 0) is 30.2 Å². The molecule has 0 aliphatic rings. The molecule has 4 heteroatoms. The van der Waals surface area contributed by atoms with E-state index in [9.17, 15) is 0 Å². The van der Waals surface area contributed by atoms with Crippen LogP contribution in [0, 0.1) is 0 Å². The van der Waals surface area contributed by atoms with Crippen molar-refractivity contribution in [3.05, 3.63) is 52.8 Å². The lowest BCUT2D eigenvalue weighted by atomic mass is 10.0. The van der Waals surface area contributed by atoms with Gasteiger partial charge < -0.3 is 5.32 Å². The fourth-order valence-electron chi connectivity index (χ4n) is 1.98. The third-order valence-electron chi connectivity index (χ3n) is 2.98. The Morgan fingerprint density at radius 1 is 1.28 bits per heavy atom. The molecule has 2 aromatic rings. The predicted molar refractivity (Wildman–Crippen MR) is 74.5 cm³/mol. The van der Waals surface area contributed by atoms with Crippen LogP contribution in [0.15, 0.2) is 36.5 Å². The molecule has 0 radical (unpaired) electrons. The Kier molecular flexibility index (Phi) is 4.39. The van der Waals surface area contributed by atoms with Crippen molar-refractivity contribution in [1.29, 1.82) is 0 Å². The average Bonchev–Trinajstić information content (AvgIpc) is 2.78. The molecular weight excluding hydrogens is 246 g/mol. The standard InChI is InChI=1S/C14H18ClN3/c1-3-14(11-4-6-12(15)7-5-11)16-10-13-8-9-18(2)17-13/h4-9,14,16H,3,10H2,1-2H3. The van der Waals surface area contributed by atoms with E-state index in [2.05, 4.69) is 29.5 Å². The lowest BCUT2D eigenvalue weighted by Gasteiger charge is -2.16. The Bertz CT molecular complexity index is 490. The van der Waals surface area contributed by atoms with Crippen LogP contribution in [-0.4, -0.2) is 9.78 Å². The van der Waals surface area contributed by atoms with Gasteiger partial charge in [0, 0.05) is 30.9 Å². The van der Waals surface area contributed by atoms with Crippen LogP contribution in [0.2, 0.25) is 5.02 Å². The highest BCUT2D eigenvalue weighted by Crippen LogP contribution is 2.19. The Morgan fingerprint density at radius 2 is 2.00 bits per heavy atom. The zero-order chi connectivity index (χ0) is 13.0. The van der Waals surface area contributed by atoms with Crippen LogP contribution < -0.4 is 5.32 Å². The summed E-state index contributed by atoms with van der Waals surface area (Å²) < 4.78 is 1.82. The molecule has 1 aromatic carbocycles. The molecule has 1 atom stereocenters. The molecule has 3 nitrogen and oxygen atoms in total. The molecular formula is C14H18ClN3. The first-order valence-electron chi connectivity index (χ1n) is 6.16. The minimum Gasteiger partial charge on any atom is -0.304 e. The van der Waals surface area contributed by atoms with Crippen molar-refractivity contribution in [3.63, 3.8) is 0 Å². The second-order valence-corrected chi connectivity index (χ2v) is 4.81. The summed E-state index contributed by atoms with van der Waals surface area (Å²) in [6.45, 7) is 2.95. The highest BCUT2D eigenvalue weighted by atomic mass is 35.5.